The number of benzene rings is 1. The summed E-state index contributed by atoms with van der Waals surface area (Å²) < 4.78 is 42.4. The number of morpholine rings is 1. The maximum atomic E-state index is 12.5. The highest BCUT2D eigenvalue weighted by atomic mass is 19.4. The van der Waals surface area contributed by atoms with Gasteiger partial charge in [0.05, 0.1) is 18.8 Å². The number of hydrogen-bond donors (Lipinski definition) is 2. The molecular formula is C18H24F3N3O. The minimum absolute atomic E-state index is 0.172. The number of nitrogens with one attached hydrogen (secondary N) is 2. The molecule has 138 valence electrons. The lowest BCUT2D eigenvalue weighted by Gasteiger charge is -2.10. The van der Waals surface area contributed by atoms with Gasteiger partial charge in [-0.15, -0.1) is 0 Å². The maximum Gasteiger partial charge on any atom is 0.416 e. The molecule has 1 aromatic carbocycles. The van der Waals surface area contributed by atoms with Gasteiger partial charge in [-0.05, 0) is 24.3 Å². The molecule has 2 heterocycles. The van der Waals surface area contributed by atoms with Crippen LogP contribution in [0.4, 0.5) is 24.7 Å². The summed E-state index contributed by atoms with van der Waals surface area (Å²) in [5, 5.41) is 5.96. The maximum absolute atomic E-state index is 12.5. The minimum atomic E-state index is -4.35. The van der Waals surface area contributed by atoms with Crippen molar-refractivity contribution >= 4 is 11.5 Å². The van der Waals surface area contributed by atoms with Crippen LogP contribution in [0.3, 0.4) is 0 Å². The van der Waals surface area contributed by atoms with E-state index in [1.807, 2.05) is 19.9 Å². The van der Waals surface area contributed by atoms with Crippen LogP contribution in [0.25, 0.3) is 0 Å². The van der Waals surface area contributed by atoms with Crippen molar-refractivity contribution < 1.29 is 17.9 Å². The highest BCUT2D eigenvalue weighted by Crippen LogP contribution is 2.30. The molecule has 1 aromatic heterocycles. The lowest BCUT2D eigenvalue weighted by Crippen LogP contribution is -2.30. The number of rotatable bonds is 2. The smallest absolute Gasteiger partial charge is 0.379 e. The number of hydrogen-bond acceptors (Lipinski definition) is 4. The summed E-state index contributed by atoms with van der Waals surface area (Å²) in [6, 6.07) is 10.8. The summed E-state index contributed by atoms with van der Waals surface area (Å²) in [4.78, 5) is 3.84. The average Bonchev–Trinajstić information content (AvgIpc) is 2.66. The Morgan fingerprint density at radius 1 is 1.04 bits per heavy atom. The summed E-state index contributed by atoms with van der Waals surface area (Å²) >= 11 is 0. The van der Waals surface area contributed by atoms with Crippen molar-refractivity contribution in [2.24, 2.45) is 0 Å². The van der Waals surface area contributed by atoms with Gasteiger partial charge in [-0.1, -0.05) is 32.0 Å². The molecule has 0 atom stereocenters. The topological polar surface area (TPSA) is 46.2 Å². The molecule has 25 heavy (non-hydrogen) atoms. The Balaban J connectivity index is 0.000000326. The van der Waals surface area contributed by atoms with Gasteiger partial charge in [0.2, 0.25) is 0 Å². The highest BCUT2D eigenvalue weighted by molar-refractivity contribution is 5.56. The van der Waals surface area contributed by atoms with E-state index in [0.717, 1.165) is 44.6 Å². The lowest BCUT2D eigenvalue weighted by molar-refractivity contribution is -0.137. The molecule has 4 nitrogen and oxygen atoms in total. The largest absolute Gasteiger partial charge is 0.416 e. The van der Waals surface area contributed by atoms with Gasteiger partial charge in [-0.2, -0.15) is 13.2 Å². The number of pyridine rings is 1. The van der Waals surface area contributed by atoms with Crippen LogP contribution in [0.5, 0.6) is 0 Å². The molecule has 0 amide bonds. The fourth-order valence-electron chi connectivity index (χ4n) is 1.86. The van der Waals surface area contributed by atoms with Crippen molar-refractivity contribution in [3.05, 3.63) is 54.2 Å². The monoisotopic (exact) mass is 355 g/mol. The molecule has 3 rings (SSSR count). The predicted molar refractivity (Wildman–Crippen MR) is 94.0 cm³/mol. The molecule has 0 spiro atoms. The Morgan fingerprint density at radius 3 is 2.16 bits per heavy atom. The molecule has 0 unspecified atom stereocenters. The molecule has 0 saturated carbocycles. The first kappa shape index (κ1) is 20.9. The summed E-state index contributed by atoms with van der Waals surface area (Å²) in [6.07, 6.45) is -3.22. The minimum Gasteiger partial charge on any atom is -0.379 e. The number of alkyl halides is 3. The first-order valence-corrected chi connectivity index (χ1v) is 8.19. The van der Waals surface area contributed by atoms with E-state index < -0.39 is 11.7 Å². The van der Waals surface area contributed by atoms with Crippen LogP contribution in [0, 0.1) is 0 Å². The molecule has 1 saturated heterocycles. The van der Waals surface area contributed by atoms with Crippen molar-refractivity contribution in [1.29, 1.82) is 0 Å². The Hall–Kier alpha value is -2.12. The van der Waals surface area contributed by atoms with E-state index in [2.05, 4.69) is 15.6 Å². The molecule has 0 aliphatic carbocycles. The van der Waals surface area contributed by atoms with E-state index in [1.54, 1.807) is 24.3 Å². The van der Waals surface area contributed by atoms with Gasteiger partial charge in [0.1, 0.15) is 5.82 Å². The van der Waals surface area contributed by atoms with E-state index >= 15 is 0 Å². The molecular weight excluding hydrogens is 331 g/mol. The van der Waals surface area contributed by atoms with Crippen LogP contribution in [-0.2, 0) is 10.9 Å². The van der Waals surface area contributed by atoms with Crippen LogP contribution < -0.4 is 10.6 Å². The van der Waals surface area contributed by atoms with Crippen molar-refractivity contribution in [3.63, 3.8) is 0 Å². The van der Waals surface area contributed by atoms with Crippen LogP contribution in [-0.4, -0.2) is 31.3 Å². The van der Waals surface area contributed by atoms with E-state index in [1.165, 1.54) is 0 Å². The molecule has 1 aliphatic rings. The number of para-hydroxylation sites is 1. The van der Waals surface area contributed by atoms with Gasteiger partial charge in [-0.3, -0.25) is 0 Å². The van der Waals surface area contributed by atoms with E-state index in [4.69, 9.17) is 4.74 Å². The normalized spacial score (nSPS) is 13.6. The standard InChI is InChI=1S/C12H9F3N2.C4H9NO.C2H6/c13-12(14,15)9-6-7-16-11(8-9)17-10-4-2-1-3-5-10;1-3-6-4-2-5-1;1-2/h1-8H,(H,16,17);5H,1-4H2;1-2H3. The van der Waals surface area contributed by atoms with Crippen LogP contribution in [0.15, 0.2) is 48.7 Å². The summed E-state index contributed by atoms with van der Waals surface area (Å²) in [7, 11) is 0. The number of nitrogens with zero attached hydrogens (tertiary/aromatic N) is 1. The molecule has 2 N–H and O–H groups in total. The third-order valence-electron chi connectivity index (χ3n) is 2.98. The number of ether oxygens (including phenoxy) is 1. The second-order valence-electron chi connectivity index (χ2n) is 4.78. The summed E-state index contributed by atoms with van der Waals surface area (Å²) in [5.74, 6) is 0.172. The zero-order valence-corrected chi connectivity index (χ0v) is 14.4. The molecule has 1 fully saturated rings. The number of anilines is 2. The molecule has 0 bridgehead atoms. The quantitative estimate of drug-likeness (QED) is 0.834. The lowest BCUT2D eigenvalue weighted by atomic mass is 10.2. The van der Waals surface area contributed by atoms with Crippen LogP contribution in [0.2, 0.25) is 0 Å². The average molecular weight is 355 g/mol. The summed E-state index contributed by atoms with van der Waals surface area (Å²) in [6.45, 7) is 7.83. The van der Waals surface area contributed by atoms with Gasteiger partial charge in [-0.25, -0.2) is 4.98 Å². The fourth-order valence-corrected chi connectivity index (χ4v) is 1.86. The van der Waals surface area contributed by atoms with Gasteiger partial charge in [0.15, 0.2) is 0 Å². The van der Waals surface area contributed by atoms with Gasteiger partial charge in [0, 0.05) is 25.0 Å². The Kier molecular flexibility index (Phi) is 9.57. The van der Waals surface area contributed by atoms with E-state index in [9.17, 15) is 13.2 Å². The van der Waals surface area contributed by atoms with Crippen molar-refractivity contribution in [1.82, 2.24) is 10.3 Å². The number of halogens is 3. The highest BCUT2D eigenvalue weighted by Gasteiger charge is 2.30. The number of aromatic nitrogens is 1. The van der Waals surface area contributed by atoms with Gasteiger partial charge < -0.3 is 15.4 Å². The molecule has 1 aliphatic heterocycles. The Morgan fingerprint density at radius 2 is 1.68 bits per heavy atom. The van der Waals surface area contributed by atoms with E-state index in [0.29, 0.717) is 5.69 Å². The first-order valence-electron chi connectivity index (χ1n) is 8.19. The summed E-state index contributed by atoms with van der Waals surface area (Å²) in [5.41, 5.74) is -0.0229. The zero-order chi connectivity index (χ0) is 18.5. The Labute approximate surface area is 146 Å². The van der Waals surface area contributed by atoms with Crippen LogP contribution in [0.1, 0.15) is 19.4 Å². The Bertz CT molecular complexity index is 576. The SMILES string of the molecule is C1COCCN1.CC.FC(F)(F)c1ccnc(Nc2ccccc2)c1. The van der Waals surface area contributed by atoms with Crippen molar-refractivity contribution in [3.8, 4) is 0 Å². The molecule has 2 aromatic rings. The second kappa shape index (κ2) is 11.4. The third kappa shape index (κ3) is 8.51. The second-order valence-corrected chi connectivity index (χ2v) is 4.78. The first-order chi connectivity index (χ1) is 12.1. The van der Waals surface area contributed by atoms with Gasteiger partial charge >= 0.3 is 6.18 Å². The fraction of sp³-hybridized carbons (Fsp3) is 0.389. The molecule has 0 radical (unpaired) electrons. The van der Waals surface area contributed by atoms with Gasteiger partial charge in [0.25, 0.3) is 0 Å². The van der Waals surface area contributed by atoms with Crippen molar-refractivity contribution in [2.45, 2.75) is 20.0 Å². The predicted octanol–water partition coefficient (Wildman–Crippen LogP) is 4.48. The van der Waals surface area contributed by atoms with E-state index in [-0.39, 0.29) is 5.82 Å². The molecule has 7 heteroatoms. The zero-order valence-electron chi connectivity index (χ0n) is 14.4. The van der Waals surface area contributed by atoms with Crippen LogP contribution >= 0.6 is 0 Å². The third-order valence-corrected chi connectivity index (χ3v) is 2.98. The van der Waals surface area contributed by atoms with Crippen molar-refractivity contribution in [2.75, 3.05) is 31.6 Å².